The molecule has 21 heavy (non-hydrogen) atoms. The number of hydrogen-bond acceptors (Lipinski definition) is 5. The molecule has 1 aliphatic heterocycles. The third-order valence-corrected chi connectivity index (χ3v) is 5.24. The predicted octanol–water partition coefficient (Wildman–Crippen LogP) is -2.43. The van der Waals surface area contributed by atoms with Gasteiger partial charge < -0.3 is 21.4 Å². The number of hydrogen-bond donors (Lipinski definition) is 3. The minimum Gasteiger partial charge on any atom is -0.368 e. The number of nitrogens with zero attached hydrogens (tertiary/aromatic N) is 2. The number of rotatable bonds is 4. The summed E-state index contributed by atoms with van der Waals surface area (Å²) in [5.41, 5.74) is 10.5. The highest BCUT2D eigenvalue weighted by molar-refractivity contribution is 7.89. The molecule has 0 aromatic carbocycles. The summed E-state index contributed by atoms with van der Waals surface area (Å²) in [6.07, 6.45) is 1.29. The molecular formula is C11H17N5O4S. The molecule has 1 fully saturated rings. The van der Waals surface area contributed by atoms with Gasteiger partial charge in [0, 0.05) is 32.9 Å². The minimum atomic E-state index is -3.93. The van der Waals surface area contributed by atoms with Gasteiger partial charge in [-0.15, -0.1) is 0 Å². The Hall–Kier alpha value is -1.91. The molecular weight excluding hydrogens is 298 g/mol. The van der Waals surface area contributed by atoms with E-state index in [-0.39, 0.29) is 23.7 Å². The molecule has 0 bridgehead atoms. The highest BCUT2D eigenvalue weighted by atomic mass is 32.2. The number of carbonyl (C=O) groups excluding carboxylic acids is 2. The number of piperazine rings is 1. The van der Waals surface area contributed by atoms with Gasteiger partial charge in [-0.25, -0.2) is 8.42 Å². The topological polar surface area (TPSA) is 141 Å². The zero-order chi connectivity index (χ0) is 15.8. The fraction of sp³-hybridized carbons (Fsp3) is 0.455. The van der Waals surface area contributed by atoms with Crippen molar-refractivity contribution in [2.45, 2.75) is 10.9 Å². The van der Waals surface area contributed by atoms with E-state index in [1.165, 1.54) is 23.9 Å². The third-order valence-electron chi connectivity index (χ3n) is 3.36. The van der Waals surface area contributed by atoms with Crippen LogP contribution in [0.5, 0.6) is 0 Å². The zero-order valence-corrected chi connectivity index (χ0v) is 12.3. The number of aryl methyl sites for hydroxylation is 1. The number of nitrogens with two attached hydrogens (primary N) is 2. The summed E-state index contributed by atoms with van der Waals surface area (Å²) >= 11 is 0. The molecule has 2 heterocycles. The average molecular weight is 315 g/mol. The van der Waals surface area contributed by atoms with E-state index < -0.39 is 27.9 Å². The van der Waals surface area contributed by atoms with Crippen LogP contribution >= 0.6 is 0 Å². The van der Waals surface area contributed by atoms with Crippen LogP contribution in [-0.4, -0.2) is 54.8 Å². The first kappa shape index (κ1) is 15.5. The molecule has 2 rings (SSSR count). The average Bonchev–Trinajstić information content (AvgIpc) is 2.81. The number of carbonyl (C=O) groups is 2. The van der Waals surface area contributed by atoms with Gasteiger partial charge >= 0.3 is 0 Å². The van der Waals surface area contributed by atoms with Gasteiger partial charge in [0.05, 0.1) is 0 Å². The van der Waals surface area contributed by atoms with Crippen LogP contribution in [0.1, 0.15) is 10.5 Å². The van der Waals surface area contributed by atoms with Crippen LogP contribution in [0.15, 0.2) is 17.2 Å². The molecule has 10 heteroatoms. The lowest BCUT2D eigenvalue weighted by atomic mass is 10.2. The van der Waals surface area contributed by atoms with Gasteiger partial charge in [0.1, 0.15) is 16.6 Å². The summed E-state index contributed by atoms with van der Waals surface area (Å²) in [5.74, 6) is -1.46. The van der Waals surface area contributed by atoms with Crippen LogP contribution in [0.2, 0.25) is 0 Å². The van der Waals surface area contributed by atoms with Crippen molar-refractivity contribution in [1.82, 2.24) is 14.2 Å². The molecule has 1 aliphatic rings. The van der Waals surface area contributed by atoms with Crippen LogP contribution in [0.3, 0.4) is 0 Å². The molecule has 2 amide bonds. The van der Waals surface area contributed by atoms with Crippen LogP contribution in [0.4, 0.5) is 0 Å². The second kappa shape index (κ2) is 5.47. The Morgan fingerprint density at radius 1 is 1.38 bits per heavy atom. The normalized spacial score (nSPS) is 20.3. The molecule has 0 radical (unpaired) electrons. The zero-order valence-electron chi connectivity index (χ0n) is 11.4. The molecule has 116 valence electrons. The second-order valence-corrected chi connectivity index (χ2v) is 6.66. The van der Waals surface area contributed by atoms with Gasteiger partial charge in [-0.05, 0) is 6.07 Å². The molecule has 0 spiro atoms. The first-order chi connectivity index (χ1) is 9.75. The second-order valence-electron chi connectivity index (χ2n) is 4.77. The largest absolute Gasteiger partial charge is 0.368 e. The van der Waals surface area contributed by atoms with Crippen LogP contribution < -0.4 is 16.8 Å². The maximum Gasteiger partial charge on any atom is 0.265 e. The summed E-state index contributed by atoms with van der Waals surface area (Å²) in [7, 11) is -2.41. The highest BCUT2D eigenvalue weighted by Gasteiger charge is 2.37. The summed E-state index contributed by atoms with van der Waals surface area (Å²) < 4.78 is 27.6. The van der Waals surface area contributed by atoms with Crippen LogP contribution in [-0.2, 0) is 21.9 Å². The van der Waals surface area contributed by atoms with Crippen LogP contribution in [0, 0.1) is 0 Å². The van der Waals surface area contributed by atoms with E-state index in [4.69, 9.17) is 11.5 Å². The van der Waals surface area contributed by atoms with Crippen molar-refractivity contribution in [2.75, 3.05) is 19.6 Å². The molecule has 9 nitrogen and oxygen atoms in total. The Morgan fingerprint density at radius 2 is 2.05 bits per heavy atom. The summed E-state index contributed by atoms with van der Waals surface area (Å²) in [4.78, 5) is 22.5. The van der Waals surface area contributed by atoms with Gasteiger partial charge in [-0.3, -0.25) is 9.59 Å². The molecule has 1 saturated heterocycles. The standard InChI is InChI=1S/C11H17N5O4S/c1-15-6-7(4-8(15)10(12)17)21(19,20)16-3-2-14-5-9(16)11(13)18/h4,6,9,14H,2-3,5H2,1H3,(H2,12,17)(H2,13,18). The minimum absolute atomic E-state index is 0.0688. The number of amides is 2. The quantitative estimate of drug-likeness (QED) is 0.566. The maximum absolute atomic E-state index is 12.6. The van der Waals surface area contributed by atoms with Crippen molar-refractivity contribution in [2.24, 2.45) is 18.5 Å². The van der Waals surface area contributed by atoms with E-state index in [0.29, 0.717) is 6.54 Å². The summed E-state index contributed by atoms with van der Waals surface area (Å²) in [6, 6.07) is 0.235. The molecule has 0 saturated carbocycles. The highest BCUT2D eigenvalue weighted by Crippen LogP contribution is 2.21. The van der Waals surface area contributed by atoms with Gasteiger partial charge in [0.2, 0.25) is 15.9 Å². The Bertz CT molecular complexity index is 681. The number of nitrogens with one attached hydrogen (secondary N) is 1. The SMILES string of the molecule is Cn1cc(S(=O)(=O)N2CCNCC2C(N)=O)cc1C(N)=O. The Balaban J connectivity index is 2.43. The van der Waals surface area contributed by atoms with Gasteiger partial charge in [0.25, 0.3) is 5.91 Å². The third kappa shape index (κ3) is 2.77. The molecule has 1 aromatic heterocycles. The molecule has 5 N–H and O–H groups in total. The van der Waals surface area contributed by atoms with Crippen molar-refractivity contribution >= 4 is 21.8 Å². The van der Waals surface area contributed by atoms with Crippen molar-refractivity contribution in [1.29, 1.82) is 0 Å². The molecule has 1 atom stereocenters. The fourth-order valence-electron chi connectivity index (χ4n) is 2.27. The van der Waals surface area contributed by atoms with Crippen molar-refractivity contribution in [3.8, 4) is 0 Å². The molecule has 1 unspecified atom stereocenters. The van der Waals surface area contributed by atoms with E-state index in [9.17, 15) is 18.0 Å². The Kier molecular flexibility index (Phi) is 4.03. The number of primary amides is 2. The fourth-order valence-corrected chi connectivity index (χ4v) is 3.94. The van der Waals surface area contributed by atoms with E-state index in [0.717, 1.165) is 4.31 Å². The maximum atomic E-state index is 12.6. The van der Waals surface area contributed by atoms with Crippen molar-refractivity contribution in [3.63, 3.8) is 0 Å². The van der Waals surface area contributed by atoms with E-state index in [1.807, 2.05) is 0 Å². The lowest BCUT2D eigenvalue weighted by Gasteiger charge is -2.32. The first-order valence-corrected chi connectivity index (χ1v) is 7.67. The Morgan fingerprint density at radius 3 is 2.57 bits per heavy atom. The lowest BCUT2D eigenvalue weighted by molar-refractivity contribution is -0.122. The molecule has 0 aliphatic carbocycles. The van der Waals surface area contributed by atoms with Crippen molar-refractivity contribution in [3.05, 3.63) is 18.0 Å². The smallest absolute Gasteiger partial charge is 0.265 e. The van der Waals surface area contributed by atoms with Gasteiger partial charge in [0.15, 0.2) is 0 Å². The van der Waals surface area contributed by atoms with Gasteiger partial charge in [-0.2, -0.15) is 4.31 Å². The summed E-state index contributed by atoms with van der Waals surface area (Å²) in [6.45, 7) is 0.694. The predicted molar refractivity (Wildman–Crippen MR) is 73.7 cm³/mol. The van der Waals surface area contributed by atoms with Crippen molar-refractivity contribution < 1.29 is 18.0 Å². The number of sulfonamides is 1. The van der Waals surface area contributed by atoms with Gasteiger partial charge in [-0.1, -0.05) is 0 Å². The van der Waals surface area contributed by atoms with E-state index in [1.54, 1.807) is 0 Å². The molecule has 1 aromatic rings. The van der Waals surface area contributed by atoms with E-state index in [2.05, 4.69) is 5.32 Å². The van der Waals surface area contributed by atoms with Crippen LogP contribution in [0.25, 0.3) is 0 Å². The lowest BCUT2D eigenvalue weighted by Crippen LogP contribution is -2.58. The first-order valence-electron chi connectivity index (χ1n) is 6.23. The van der Waals surface area contributed by atoms with E-state index >= 15 is 0 Å². The number of aromatic nitrogens is 1. The monoisotopic (exact) mass is 315 g/mol. The Labute approximate surface area is 121 Å². The summed E-state index contributed by atoms with van der Waals surface area (Å²) in [5, 5.41) is 2.92.